The first-order valence-corrected chi connectivity index (χ1v) is 8.75. The molecule has 5 nitrogen and oxygen atoms in total. The van der Waals surface area contributed by atoms with Crippen LogP contribution in [0.3, 0.4) is 0 Å². The van der Waals surface area contributed by atoms with Gasteiger partial charge in [0.15, 0.2) is 0 Å². The molecule has 0 aromatic heterocycles. The molecule has 25 heavy (non-hydrogen) atoms. The van der Waals surface area contributed by atoms with E-state index in [1.54, 1.807) is 38.4 Å². The molecule has 2 amide bonds. The van der Waals surface area contributed by atoms with Crippen molar-refractivity contribution in [3.05, 3.63) is 58.6 Å². The van der Waals surface area contributed by atoms with Crippen LogP contribution in [0, 0.1) is 0 Å². The van der Waals surface area contributed by atoms with Gasteiger partial charge < -0.3 is 15.0 Å². The average Bonchev–Trinajstić information content (AvgIpc) is 2.59. The van der Waals surface area contributed by atoms with E-state index in [0.717, 1.165) is 10.2 Å². The smallest absolute Gasteiger partial charge is 0.253 e. The Bertz CT molecular complexity index is 730. The van der Waals surface area contributed by atoms with Crippen LogP contribution in [0.2, 0.25) is 0 Å². The lowest BCUT2D eigenvalue weighted by atomic mass is 10.1. The molecule has 2 rings (SSSR count). The van der Waals surface area contributed by atoms with Crippen molar-refractivity contribution in [3.8, 4) is 5.75 Å². The summed E-state index contributed by atoms with van der Waals surface area (Å²) in [6.45, 7) is 0.466. The number of hydrogen-bond acceptors (Lipinski definition) is 3. The fourth-order valence-electron chi connectivity index (χ4n) is 2.17. The number of anilines is 1. The highest BCUT2D eigenvalue weighted by atomic mass is 79.9. The van der Waals surface area contributed by atoms with Gasteiger partial charge in [-0.3, -0.25) is 9.59 Å². The summed E-state index contributed by atoms with van der Waals surface area (Å²) in [6, 6.07) is 14.5. The monoisotopic (exact) mass is 404 g/mol. The van der Waals surface area contributed by atoms with E-state index in [1.165, 1.54) is 4.90 Å². The molecular formula is C19H21BrN2O3. The van der Waals surface area contributed by atoms with Crippen molar-refractivity contribution in [2.75, 3.05) is 26.0 Å². The molecule has 0 fully saturated rings. The van der Waals surface area contributed by atoms with E-state index in [1.807, 2.05) is 24.3 Å². The molecular weight excluding hydrogens is 384 g/mol. The fraction of sp³-hybridized carbons (Fsp3) is 0.263. The number of nitrogens with one attached hydrogen (secondary N) is 1. The first-order valence-electron chi connectivity index (χ1n) is 7.95. The summed E-state index contributed by atoms with van der Waals surface area (Å²) in [6.07, 6.45) is 0.959. The van der Waals surface area contributed by atoms with Crippen LogP contribution in [0.5, 0.6) is 5.75 Å². The van der Waals surface area contributed by atoms with Gasteiger partial charge in [0.1, 0.15) is 5.75 Å². The number of hydrogen-bond donors (Lipinski definition) is 1. The molecule has 0 saturated carbocycles. The zero-order valence-corrected chi connectivity index (χ0v) is 15.9. The minimum Gasteiger partial charge on any atom is -0.494 e. The summed E-state index contributed by atoms with van der Waals surface area (Å²) >= 11 is 3.37. The third-order valence-electron chi connectivity index (χ3n) is 3.43. The SMILES string of the molecule is CN(C)C(=O)c1cccc(NC(=O)CCCOc2ccc(Br)cc2)c1. The maximum absolute atomic E-state index is 12.0. The van der Waals surface area contributed by atoms with Crippen LogP contribution in [0.25, 0.3) is 0 Å². The van der Waals surface area contributed by atoms with E-state index >= 15 is 0 Å². The van der Waals surface area contributed by atoms with E-state index < -0.39 is 0 Å². The van der Waals surface area contributed by atoms with Crippen LogP contribution < -0.4 is 10.1 Å². The van der Waals surface area contributed by atoms with Crippen molar-refractivity contribution in [2.45, 2.75) is 12.8 Å². The molecule has 0 bridgehead atoms. The third kappa shape index (κ3) is 6.23. The largest absolute Gasteiger partial charge is 0.494 e. The van der Waals surface area contributed by atoms with Gasteiger partial charge in [-0.25, -0.2) is 0 Å². The Labute approximate surface area is 156 Å². The summed E-state index contributed by atoms with van der Waals surface area (Å²) in [5, 5.41) is 2.81. The van der Waals surface area contributed by atoms with Gasteiger partial charge in [0, 0.05) is 36.2 Å². The zero-order chi connectivity index (χ0) is 18.2. The van der Waals surface area contributed by atoms with Crippen LogP contribution >= 0.6 is 15.9 Å². The molecule has 2 aromatic carbocycles. The first-order chi connectivity index (χ1) is 12.0. The summed E-state index contributed by atoms with van der Waals surface area (Å²) in [4.78, 5) is 25.5. The van der Waals surface area contributed by atoms with Crippen molar-refractivity contribution in [1.82, 2.24) is 4.90 Å². The lowest BCUT2D eigenvalue weighted by molar-refractivity contribution is -0.116. The molecule has 0 aliphatic carbocycles. The van der Waals surface area contributed by atoms with Crippen LogP contribution in [0.4, 0.5) is 5.69 Å². The van der Waals surface area contributed by atoms with Gasteiger partial charge in [-0.05, 0) is 48.9 Å². The quantitative estimate of drug-likeness (QED) is 0.710. The lowest BCUT2D eigenvalue weighted by Gasteiger charge is -2.12. The minimum atomic E-state index is -0.103. The third-order valence-corrected chi connectivity index (χ3v) is 3.96. The maximum Gasteiger partial charge on any atom is 0.253 e. The first kappa shape index (κ1) is 19.0. The molecule has 0 atom stereocenters. The van der Waals surface area contributed by atoms with E-state index in [9.17, 15) is 9.59 Å². The summed E-state index contributed by atoms with van der Waals surface area (Å²) < 4.78 is 6.58. The number of benzene rings is 2. The Kier molecular flexibility index (Phi) is 7.01. The standard InChI is InChI=1S/C19H21BrN2O3/c1-22(2)19(24)14-5-3-6-16(13-14)21-18(23)7-4-12-25-17-10-8-15(20)9-11-17/h3,5-6,8-11,13H,4,7,12H2,1-2H3,(H,21,23). The molecule has 0 spiro atoms. The van der Waals surface area contributed by atoms with Crippen molar-refractivity contribution in [2.24, 2.45) is 0 Å². The predicted octanol–water partition coefficient (Wildman–Crippen LogP) is 3.95. The number of rotatable bonds is 7. The second-order valence-corrected chi connectivity index (χ2v) is 6.65. The second kappa shape index (κ2) is 9.22. The Morgan fingerprint density at radius 3 is 2.52 bits per heavy atom. The van der Waals surface area contributed by atoms with Crippen molar-refractivity contribution < 1.29 is 14.3 Å². The van der Waals surface area contributed by atoms with Crippen LogP contribution in [-0.4, -0.2) is 37.4 Å². The van der Waals surface area contributed by atoms with Gasteiger partial charge >= 0.3 is 0 Å². The van der Waals surface area contributed by atoms with E-state index in [2.05, 4.69) is 21.2 Å². The predicted molar refractivity (Wildman–Crippen MR) is 102 cm³/mol. The van der Waals surface area contributed by atoms with Crippen molar-refractivity contribution in [1.29, 1.82) is 0 Å². The van der Waals surface area contributed by atoms with E-state index in [-0.39, 0.29) is 11.8 Å². The highest BCUT2D eigenvalue weighted by Gasteiger charge is 2.09. The summed E-state index contributed by atoms with van der Waals surface area (Å²) in [7, 11) is 3.39. The van der Waals surface area contributed by atoms with Gasteiger partial charge in [-0.1, -0.05) is 22.0 Å². The summed E-state index contributed by atoms with van der Waals surface area (Å²) in [5.41, 5.74) is 1.16. The minimum absolute atomic E-state index is 0.0982. The van der Waals surface area contributed by atoms with Gasteiger partial charge in [0.05, 0.1) is 6.61 Å². The average molecular weight is 405 g/mol. The number of amides is 2. The molecule has 0 unspecified atom stereocenters. The number of halogens is 1. The van der Waals surface area contributed by atoms with Gasteiger partial charge in [0.2, 0.25) is 5.91 Å². The Balaban J connectivity index is 1.77. The Hall–Kier alpha value is -2.34. The molecule has 0 heterocycles. The number of carbonyl (C=O) groups excluding carboxylic acids is 2. The van der Waals surface area contributed by atoms with Crippen LogP contribution in [0.1, 0.15) is 23.2 Å². The number of ether oxygens (including phenoxy) is 1. The maximum atomic E-state index is 12.0. The number of nitrogens with zero attached hydrogens (tertiary/aromatic N) is 1. The molecule has 1 N–H and O–H groups in total. The second-order valence-electron chi connectivity index (χ2n) is 5.73. The normalized spacial score (nSPS) is 10.2. The molecule has 2 aromatic rings. The molecule has 0 radical (unpaired) electrons. The Morgan fingerprint density at radius 1 is 1.12 bits per heavy atom. The highest BCUT2D eigenvalue weighted by molar-refractivity contribution is 9.10. The Morgan fingerprint density at radius 2 is 1.84 bits per heavy atom. The van der Waals surface area contributed by atoms with Gasteiger partial charge in [-0.2, -0.15) is 0 Å². The molecule has 0 saturated heterocycles. The van der Waals surface area contributed by atoms with Crippen LogP contribution in [-0.2, 0) is 4.79 Å². The van der Waals surface area contributed by atoms with Crippen molar-refractivity contribution >= 4 is 33.4 Å². The van der Waals surface area contributed by atoms with E-state index in [4.69, 9.17) is 4.74 Å². The fourth-order valence-corrected chi connectivity index (χ4v) is 2.43. The van der Waals surface area contributed by atoms with Crippen LogP contribution in [0.15, 0.2) is 53.0 Å². The topological polar surface area (TPSA) is 58.6 Å². The molecule has 0 aliphatic rings. The molecule has 0 aliphatic heterocycles. The zero-order valence-electron chi connectivity index (χ0n) is 14.3. The molecule has 132 valence electrons. The van der Waals surface area contributed by atoms with Gasteiger partial charge in [0.25, 0.3) is 5.91 Å². The molecule has 6 heteroatoms. The lowest BCUT2D eigenvalue weighted by Crippen LogP contribution is -2.22. The highest BCUT2D eigenvalue weighted by Crippen LogP contribution is 2.16. The number of carbonyl (C=O) groups is 2. The van der Waals surface area contributed by atoms with Gasteiger partial charge in [-0.15, -0.1) is 0 Å². The van der Waals surface area contributed by atoms with E-state index in [0.29, 0.717) is 30.7 Å². The summed E-state index contributed by atoms with van der Waals surface area (Å²) in [5.74, 6) is 0.575. The van der Waals surface area contributed by atoms with Crippen molar-refractivity contribution in [3.63, 3.8) is 0 Å².